The van der Waals surface area contributed by atoms with E-state index in [-0.39, 0.29) is 5.69 Å². The molecule has 0 saturated carbocycles. The van der Waals surface area contributed by atoms with Crippen LogP contribution in [0.25, 0.3) is 0 Å². The summed E-state index contributed by atoms with van der Waals surface area (Å²) in [5.41, 5.74) is 1.37. The van der Waals surface area contributed by atoms with Crippen molar-refractivity contribution >= 4 is 23.1 Å². The Bertz CT molecular complexity index is 956. The first-order valence-electron chi connectivity index (χ1n) is 7.96. The fraction of sp³-hybridized carbons (Fsp3) is 0.105. The Morgan fingerprint density at radius 1 is 1.00 bits per heavy atom. The Balaban J connectivity index is 1.73. The quantitative estimate of drug-likeness (QED) is 0.690. The van der Waals surface area contributed by atoms with Crippen molar-refractivity contribution in [2.45, 2.75) is 13.1 Å². The maximum absolute atomic E-state index is 12.6. The number of halogens is 3. The molecule has 0 aliphatic rings. The summed E-state index contributed by atoms with van der Waals surface area (Å²) in [6, 6.07) is 13.2. The molecule has 0 radical (unpaired) electrons. The van der Waals surface area contributed by atoms with Gasteiger partial charge in [0.05, 0.1) is 5.56 Å². The third-order valence-corrected chi connectivity index (χ3v) is 3.78. The molecule has 0 unspecified atom stereocenters. The number of alkyl halides is 3. The number of anilines is 3. The monoisotopic (exact) mass is 372 g/mol. The number of amides is 1. The average molecular weight is 372 g/mol. The molecule has 0 fully saturated rings. The van der Waals surface area contributed by atoms with E-state index in [9.17, 15) is 18.0 Å². The molecule has 1 amide bonds. The molecule has 5 nitrogen and oxygen atoms in total. The van der Waals surface area contributed by atoms with Crippen molar-refractivity contribution in [2.75, 3.05) is 10.6 Å². The summed E-state index contributed by atoms with van der Waals surface area (Å²) in [5, 5.41) is 5.61. The SMILES string of the molecule is Cc1ccccc1NC(=O)c1cc(Nc2ccc(C(F)(F)F)cc2)ncn1. The van der Waals surface area contributed by atoms with Crippen molar-refractivity contribution in [3.8, 4) is 0 Å². The second-order valence-corrected chi connectivity index (χ2v) is 5.76. The number of aromatic nitrogens is 2. The van der Waals surface area contributed by atoms with E-state index in [4.69, 9.17) is 0 Å². The fourth-order valence-corrected chi connectivity index (χ4v) is 2.34. The van der Waals surface area contributed by atoms with Crippen LogP contribution < -0.4 is 10.6 Å². The van der Waals surface area contributed by atoms with Crippen molar-refractivity contribution in [3.63, 3.8) is 0 Å². The summed E-state index contributed by atoms with van der Waals surface area (Å²) in [6.45, 7) is 1.87. The van der Waals surface area contributed by atoms with Crippen LogP contribution in [0.5, 0.6) is 0 Å². The summed E-state index contributed by atoms with van der Waals surface area (Å²) in [5.74, 6) is -0.123. The van der Waals surface area contributed by atoms with Crippen molar-refractivity contribution in [2.24, 2.45) is 0 Å². The van der Waals surface area contributed by atoms with E-state index in [1.807, 2.05) is 19.1 Å². The van der Waals surface area contributed by atoms with Crippen LogP contribution in [0.4, 0.5) is 30.4 Å². The Hall–Kier alpha value is -3.42. The highest BCUT2D eigenvalue weighted by atomic mass is 19.4. The molecule has 0 atom stereocenters. The molecule has 0 saturated heterocycles. The summed E-state index contributed by atoms with van der Waals surface area (Å²) in [6.07, 6.45) is -3.19. The highest BCUT2D eigenvalue weighted by Gasteiger charge is 2.29. The molecular weight excluding hydrogens is 357 g/mol. The second-order valence-electron chi connectivity index (χ2n) is 5.76. The number of nitrogens with zero attached hydrogens (tertiary/aromatic N) is 2. The first kappa shape index (κ1) is 18.4. The number of carbonyl (C=O) groups excluding carboxylic acids is 1. The maximum Gasteiger partial charge on any atom is 0.416 e. The Morgan fingerprint density at radius 3 is 2.37 bits per heavy atom. The van der Waals surface area contributed by atoms with E-state index < -0.39 is 17.6 Å². The molecule has 1 heterocycles. The van der Waals surface area contributed by atoms with Crippen LogP contribution in [-0.4, -0.2) is 15.9 Å². The van der Waals surface area contributed by atoms with E-state index in [0.717, 1.165) is 17.7 Å². The lowest BCUT2D eigenvalue weighted by molar-refractivity contribution is -0.137. The molecule has 0 spiro atoms. The van der Waals surface area contributed by atoms with Crippen LogP contribution in [0.3, 0.4) is 0 Å². The highest BCUT2D eigenvalue weighted by molar-refractivity contribution is 6.03. The van der Waals surface area contributed by atoms with Gasteiger partial charge in [-0.3, -0.25) is 4.79 Å². The van der Waals surface area contributed by atoms with Crippen LogP contribution in [0.15, 0.2) is 60.9 Å². The van der Waals surface area contributed by atoms with Gasteiger partial charge in [-0.15, -0.1) is 0 Å². The van der Waals surface area contributed by atoms with Gasteiger partial charge in [-0.05, 0) is 42.8 Å². The number of aryl methyl sites for hydroxylation is 1. The van der Waals surface area contributed by atoms with E-state index in [0.29, 0.717) is 17.2 Å². The van der Waals surface area contributed by atoms with Gasteiger partial charge < -0.3 is 10.6 Å². The van der Waals surface area contributed by atoms with Gasteiger partial charge in [0, 0.05) is 17.4 Å². The molecule has 27 heavy (non-hydrogen) atoms. The van der Waals surface area contributed by atoms with Crippen molar-refractivity contribution in [3.05, 3.63) is 77.7 Å². The van der Waals surface area contributed by atoms with Crippen LogP contribution in [-0.2, 0) is 6.18 Å². The third-order valence-electron chi connectivity index (χ3n) is 3.78. The van der Waals surface area contributed by atoms with Crippen molar-refractivity contribution in [1.29, 1.82) is 0 Å². The molecule has 2 N–H and O–H groups in total. The summed E-state index contributed by atoms with van der Waals surface area (Å²) >= 11 is 0. The molecule has 0 aliphatic carbocycles. The molecule has 0 aliphatic heterocycles. The van der Waals surface area contributed by atoms with Gasteiger partial charge in [0.25, 0.3) is 5.91 Å². The van der Waals surface area contributed by atoms with Crippen molar-refractivity contribution < 1.29 is 18.0 Å². The van der Waals surface area contributed by atoms with E-state index in [2.05, 4.69) is 20.6 Å². The lowest BCUT2D eigenvalue weighted by Gasteiger charge is -2.10. The molecule has 0 bridgehead atoms. The number of carbonyl (C=O) groups is 1. The molecule has 3 aromatic rings. The Kier molecular flexibility index (Phi) is 5.07. The van der Waals surface area contributed by atoms with Gasteiger partial charge in [0.15, 0.2) is 0 Å². The van der Waals surface area contributed by atoms with Crippen LogP contribution >= 0.6 is 0 Å². The minimum absolute atomic E-state index is 0.127. The molecule has 2 aromatic carbocycles. The number of hydrogen-bond acceptors (Lipinski definition) is 4. The Morgan fingerprint density at radius 2 is 1.70 bits per heavy atom. The maximum atomic E-state index is 12.6. The average Bonchev–Trinajstić information content (AvgIpc) is 2.63. The Labute approximate surface area is 153 Å². The van der Waals surface area contributed by atoms with Gasteiger partial charge >= 0.3 is 6.18 Å². The summed E-state index contributed by atoms with van der Waals surface area (Å²) < 4.78 is 37.8. The van der Waals surface area contributed by atoms with Gasteiger partial charge in [0.1, 0.15) is 17.8 Å². The first-order chi connectivity index (χ1) is 12.8. The zero-order valence-corrected chi connectivity index (χ0v) is 14.2. The van der Waals surface area contributed by atoms with Gasteiger partial charge in [-0.25, -0.2) is 9.97 Å². The topological polar surface area (TPSA) is 66.9 Å². The predicted molar refractivity (Wildman–Crippen MR) is 95.9 cm³/mol. The van der Waals surface area contributed by atoms with E-state index in [1.54, 1.807) is 12.1 Å². The van der Waals surface area contributed by atoms with Gasteiger partial charge in [0.2, 0.25) is 0 Å². The van der Waals surface area contributed by atoms with Crippen molar-refractivity contribution in [1.82, 2.24) is 9.97 Å². The third kappa shape index (κ3) is 4.60. The summed E-state index contributed by atoms with van der Waals surface area (Å²) in [7, 11) is 0. The van der Waals surface area contributed by atoms with Crippen LogP contribution in [0, 0.1) is 6.92 Å². The standard InChI is InChI=1S/C19H15F3N4O/c1-12-4-2-3-5-15(12)26-18(27)16-10-17(24-11-23-16)25-14-8-6-13(7-9-14)19(20,21)22/h2-11H,1H3,(H,26,27)(H,23,24,25). The smallest absolute Gasteiger partial charge is 0.340 e. The molecule has 1 aromatic heterocycles. The lowest BCUT2D eigenvalue weighted by Crippen LogP contribution is -2.15. The highest BCUT2D eigenvalue weighted by Crippen LogP contribution is 2.30. The second kappa shape index (κ2) is 7.45. The van der Waals surface area contributed by atoms with E-state index in [1.165, 1.54) is 24.5 Å². The molecular formula is C19H15F3N4O. The van der Waals surface area contributed by atoms with E-state index >= 15 is 0 Å². The van der Waals surface area contributed by atoms with Crippen LogP contribution in [0.2, 0.25) is 0 Å². The molecule has 8 heteroatoms. The minimum atomic E-state index is -4.39. The number of rotatable bonds is 4. The minimum Gasteiger partial charge on any atom is -0.340 e. The van der Waals surface area contributed by atoms with Gasteiger partial charge in [-0.2, -0.15) is 13.2 Å². The number of para-hydroxylation sites is 1. The number of benzene rings is 2. The fourth-order valence-electron chi connectivity index (χ4n) is 2.34. The molecule has 3 rings (SSSR count). The van der Waals surface area contributed by atoms with Gasteiger partial charge in [-0.1, -0.05) is 18.2 Å². The largest absolute Gasteiger partial charge is 0.416 e. The number of hydrogen-bond donors (Lipinski definition) is 2. The van der Waals surface area contributed by atoms with Crippen LogP contribution in [0.1, 0.15) is 21.6 Å². The normalized spacial score (nSPS) is 11.1. The first-order valence-corrected chi connectivity index (χ1v) is 7.96. The summed E-state index contributed by atoms with van der Waals surface area (Å²) in [4.78, 5) is 20.3. The zero-order valence-electron chi connectivity index (χ0n) is 14.2. The lowest BCUT2D eigenvalue weighted by atomic mass is 10.2. The zero-order chi connectivity index (χ0) is 19.4. The molecule has 138 valence electrons. The predicted octanol–water partition coefficient (Wildman–Crippen LogP) is 4.80. The number of nitrogens with one attached hydrogen (secondary N) is 2.